The third-order valence-electron chi connectivity index (χ3n) is 3.03. The number of ether oxygens (including phenoxy) is 1. The summed E-state index contributed by atoms with van der Waals surface area (Å²) in [5, 5.41) is 2.94. The van der Waals surface area contributed by atoms with Crippen molar-refractivity contribution in [1.29, 1.82) is 0 Å². The van der Waals surface area contributed by atoms with Gasteiger partial charge in [0.05, 0.1) is 12.3 Å². The first-order valence-corrected chi connectivity index (χ1v) is 7.28. The number of nitrogens with zero attached hydrogens (tertiary/aromatic N) is 1. The molecule has 11 heteroatoms. The Balaban J connectivity index is 3.01. The Kier molecular flexibility index (Phi) is 6.55. The van der Waals surface area contributed by atoms with E-state index in [2.05, 4.69) is 5.10 Å². The summed E-state index contributed by atoms with van der Waals surface area (Å²) in [6.45, 7) is 3.53. The quantitative estimate of drug-likeness (QED) is 0.297. The Morgan fingerprint density at radius 3 is 2.32 bits per heavy atom. The zero-order chi connectivity index (χ0) is 19.5. The Labute approximate surface area is 143 Å². The average molecular weight is 395 g/mol. The molecule has 0 saturated carbocycles. The molecule has 1 aromatic rings. The zero-order valence-electron chi connectivity index (χ0n) is 13.0. The summed E-state index contributed by atoms with van der Waals surface area (Å²) in [6.07, 6.45) is -5.49. The molecule has 142 valence electrons. The van der Waals surface area contributed by atoms with Crippen molar-refractivity contribution in [2.45, 2.75) is 44.5 Å². The first kappa shape index (κ1) is 21.3. The Morgan fingerprint density at radius 2 is 1.80 bits per heavy atom. The lowest BCUT2D eigenvalue weighted by Gasteiger charge is -2.27. The number of benzene rings is 1. The topological polar surface area (TPSA) is 33.6 Å². The van der Waals surface area contributed by atoms with Gasteiger partial charge in [-0.2, -0.15) is 35.8 Å². The standard InChI is InChI=1S/C14H14ClF7N2O/c1-3-8(2)25-11-5-4-10(15)6-9(11)7-23-24-14(21,22)12(16,17)13(18,19)20/h4-8,24H,3H2,1-2H3/b23-7-/t8-/m1/s1. The van der Waals surface area contributed by atoms with E-state index in [1.54, 1.807) is 6.92 Å². The second-order valence-electron chi connectivity index (χ2n) is 5.04. The number of hydrogen-bond acceptors (Lipinski definition) is 3. The molecule has 0 aromatic heterocycles. The molecule has 0 radical (unpaired) electrons. The molecule has 25 heavy (non-hydrogen) atoms. The van der Waals surface area contributed by atoms with E-state index >= 15 is 0 Å². The largest absolute Gasteiger partial charge is 0.490 e. The molecular formula is C14H14ClF7N2O. The fraction of sp³-hybridized carbons (Fsp3) is 0.500. The van der Waals surface area contributed by atoms with Gasteiger partial charge in [0.15, 0.2) is 0 Å². The normalized spacial score (nSPS) is 14.6. The van der Waals surface area contributed by atoms with Crippen LogP contribution >= 0.6 is 11.6 Å². The first-order chi connectivity index (χ1) is 11.3. The Hall–Kier alpha value is -1.71. The van der Waals surface area contributed by atoms with Gasteiger partial charge in [0.1, 0.15) is 5.75 Å². The second-order valence-corrected chi connectivity index (χ2v) is 5.47. The number of halogens is 8. The summed E-state index contributed by atoms with van der Waals surface area (Å²) in [5.41, 5.74) is 0.556. The molecule has 0 bridgehead atoms. The molecule has 0 amide bonds. The first-order valence-electron chi connectivity index (χ1n) is 6.90. The Morgan fingerprint density at radius 1 is 1.20 bits per heavy atom. The Bertz CT molecular complexity index is 620. The zero-order valence-corrected chi connectivity index (χ0v) is 13.7. The van der Waals surface area contributed by atoms with Crippen LogP contribution in [0.15, 0.2) is 23.3 Å². The summed E-state index contributed by atoms with van der Waals surface area (Å²) in [5.74, 6) is -6.16. The molecule has 1 atom stereocenters. The maximum absolute atomic E-state index is 13.1. The van der Waals surface area contributed by atoms with E-state index < -0.39 is 18.1 Å². The molecular weight excluding hydrogens is 381 g/mol. The lowest BCUT2D eigenvalue weighted by molar-refractivity contribution is -0.361. The predicted molar refractivity (Wildman–Crippen MR) is 78.5 cm³/mol. The van der Waals surface area contributed by atoms with Crippen molar-refractivity contribution in [3.05, 3.63) is 28.8 Å². The molecule has 0 aliphatic rings. The van der Waals surface area contributed by atoms with Crippen molar-refractivity contribution < 1.29 is 35.5 Å². The highest BCUT2D eigenvalue weighted by Gasteiger charge is 2.73. The van der Waals surface area contributed by atoms with Crippen molar-refractivity contribution >= 4 is 17.8 Å². The molecule has 1 aromatic carbocycles. The second kappa shape index (κ2) is 7.67. The van der Waals surface area contributed by atoms with E-state index in [0.717, 1.165) is 0 Å². The molecule has 0 saturated heterocycles. The molecule has 0 spiro atoms. The van der Waals surface area contributed by atoms with Crippen LogP contribution in [0.25, 0.3) is 0 Å². The lowest BCUT2D eigenvalue weighted by Crippen LogP contribution is -2.58. The van der Waals surface area contributed by atoms with Crippen molar-refractivity contribution in [3.63, 3.8) is 0 Å². The van der Waals surface area contributed by atoms with Gasteiger partial charge in [0.25, 0.3) is 0 Å². The van der Waals surface area contributed by atoms with Crippen LogP contribution in [-0.2, 0) is 0 Å². The molecule has 0 aliphatic carbocycles. The van der Waals surface area contributed by atoms with E-state index in [1.807, 2.05) is 6.92 Å². The van der Waals surface area contributed by atoms with Gasteiger partial charge in [-0.15, -0.1) is 0 Å². The maximum atomic E-state index is 13.1. The van der Waals surface area contributed by atoms with Crippen molar-refractivity contribution in [3.8, 4) is 5.75 Å². The molecule has 0 heterocycles. The highest BCUT2D eigenvalue weighted by molar-refractivity contribution is 6.30. The van der Waals surface area contributed by atoms with Crippen LogP contribution < -0.4 is 10.2 Å². The van der Waals surface area contributed by atoms with Crippen molar-refractivity contribution in [2.75, 3.05) is 0 Å². The minimum absolute atomic E-state index is 0.0198. The fourth-order valence-corrected chi connectivity index (χ4v) is 1.64. The van der Waals surface area contributed by atoms with Gasteiger partial charge in [0.2, 0.25) is 0 Å². The smallest absolute Gasteiger partial charge is 0.462 e. The van der Waals surface area contributed by atoms with Gasteiger partial charge in [-0.1, -0.05) is 18.5 Å². The number of rotatable bonds is 7. The number of hydrazone groups is 1. The molecule has 0 fully saturated rings. The number of hydrogen-bond donors (Lipinski definition) is 1. The van der Waals surface area contributed by atoms with E-state index in [1.165, 1.54) is 18.2 Å². The summed E-state index contributed by atoms with van der Waals surface area (Å²) in [7, 11) is 0. The van der Waals surface area contributed by atoms with Gasteiger partial charge in [0, 0.05) is 10.6 Å². The highest BCUT2D eigenvalue weighted by atomic mass is 35.5. The van der Waals surface area contributed by atoms with Gasteiger partial charge in [-0.05, 0) is 31.5 Å². The summed E-state index contributed by atoms with van der Waals surface area (Å²) in [6, 6.07) is -1.60. The monoisotopic (exact) mass is 394 g/mol. The van der Waals surface area contributed by atoms with E-state index in [9.17, 15) is 30.7 Å². The molecule has 0 unspecified atom stereocenters. The van der Waals surface area contributed by atoms with E-state index in [0.29, 0.717) is 18.1 Å². The third-order valence-corrected chi connectivity index (χ3v) is 3.27. The maximum Gasteiger partial charge on any atom is 0.462 e. The summed E-state index contributed by atoms with van der Waals surface area (Å²) < 4.78 is 93.2. The van der Waals surface area contributed by atoms with Crippen LogP contribution in [0.2, 0.25) is 5.02 Å². The van der Waals surface area contributed by atoms with E-state index in [4.69, 9.17) is 16.3 Å². The van der Waals surface area contributed by atoms with Gasteiger partial charge < -0.3 is 4.74 Å². The molecule has 3 nitrogen and oxygen atoms in total. The predicted octanol–water partition coefficient (Wildman–Crippen LogP) is 5.23. The van der Waals surface area contributed by atoms with Crippen LogP contribution in [0, 0.1) is 0 Å². The van der Waals surface area contributed by atoms with Crippen molar-refractivity contribution in [1.82, 2.24) is 5.43 Å². The molecule has 0 aliphatic heterocycles. The van der Waals surface area contributed by atoms with Gasteiger partial charge in [-0.25, -0.2) is 5.43 Å². The fourth-order valence-electron chi connectivity index (χ4n) is 1.46. The number of alkyl halides is 7. The van der Waals surface area contributed by atoms with Crippen LogP contribution in [0.5, 0.6) is 5.75 Å². The van der Waals surface area contributed by atoms with Gasteiger partial charge >= 0.3 is 18.1 Å². The number of nitrogens with one attached hydrogen (secondary N) is 1. The minimum Gasteiger partial charge on any atom is -0.490 e. The SMILES string of the molecule is CC[C@@H](C)Oc1ccc(Cl)cc1/C=N\NC(F)(F)C(F)(F)C(F)(F)F. The molecule has 1 rings (SSSR count). The lowest BCUT2D eigenvalue weighted by atomic mass is 10.2. The van der Waals surface area contributed by atoms with Crippen LogP contribution in [0.4, 0.5) is 30.7 Å². The van der Waals surface area contributed by atoms with Gasteiger partial charge in [-0.3, -0.25) is 0 Å². The minimum atomic E-state index is -6.44. The molecule has 1 N–H and O–H groups in total. The summed E-state index contributed by atoms with van der Waals surface area (Å²) in [4.78, 5) is 0. The summed E-state index contributed by atoms with van der Waals surface area (Å²) >= 11 is 5.73. The van der Waals surface area contributed by atoms with E-state index in [-0.39, 0.29) is 22.4 Å². The highest BCUT2D eigenvalue weighted by Crippen LogP contribution is 2.45. The van der Waals surface area contributed by atoms with Crippen LogP contribution in [-0.4, -0.2) is 30.5 Å². The average Bonchev–Trinajstić information content (AvgIpc) is 2.48. The van der Waals surface area contributed by atoms with Crippen molar-refractivity contribution in [2.24, 2.45) is 5.10 Å². The third kappa shape index (κ3) is 5.13. The van der Waals surface area contributed by atoms with Crippen LogP contribution in [0.1, 0.15) is 25.8 Å². The van der Waals surface area contributed by atoms with Crippen LogP contribution in [0.3, 0.4) is 0 Å².